The van der Waals surface area contributed by atoms with Gasteiger partial charge in [-0.3, -0.25) is 14.4 Å². The van der Waals surface area contributed by atoms with Crippen molar-refractivity contribution in [2.75, 3.05) is 23.4 Å². The Hall–Kier alpha value is -3.39. The number of para-hydroxylation sites is 1. The average molecular weight is 459 g/mol. The number of carbonyl (C=O) groups is 4. The van der Waals surface area contributed by atoms with Crippen molar-refractivity contribution in [3.8, 4) is 0 Å². The standard InChI is InChI=1S/C23H23ClN2O6/c1-14(2)32-23(30)15-7-9-17(10-8-15)26-12-16(11-21(26)28)22(29)31-13-20(27)25-19-6-4-3-5-18(19)24/h3-10,14,16H,11-13H2,1-2H3,(H,25,27)/t16-/m1/s1. The summed E-state index contributed by atoms with van der Waals surface area (Å²) in [5.41, 5.74) is 1.34. The topological polar surface area (TPSA) is 102 Å². The van der Waals surface area contributed by atoms with E-state index in [4.69, 9.17) is 21.1 Å². The number of hydrogen-bond acceptors (Lipinski definition) is 6. The molecule has 0 aromatic heterocycles. The van der Waals surface area contributed by atoms with Crippen LogP contribution in [0.1, 0.15) is 30.6 Å². The molecule has 0 unspecified atom stereocenters. The molecule has 168 valence electrons. The number of hydrogen-bond donors (Lipinski definition) is 1. The third kappa shape index (κ3) is 5.85. The summed E-state index contributed by atoms with van der Waals surface area (Å²) in [4.78, 5) is 50.2. The molecule has 3 rings (SSSR count). The fourth-order valence-corrected chi connectivity index (χ4v) is 3.36. The number of nitrogens with one attached hydrogen (secondary N) is 1. The number of anilines is 2. The first-order valence-electron chi connectivity index (χ1n) is 10.1. The second-order valence-electron chi connectivity index (χ2n) is 7.54. The summed E-state index contributed by atoms with van der Waals surface area (Å²) in [7, 11) is 0. The van der Waals surface area contributed by atoms with Crippen molar-refractivity contribution < 1.29 is 28.7 Å². The van der Waals surface area contributed by atoms with Gasteiger partial charge in [0.2, 0.25) is 5.91 Å². The quantitative estimate of drug-likeness (QED) is 0.638. The van der Waals surface area contributed by atoms with E-state index in [1.165, 1.54) is 4.90 Å². The summed E-state index contributed by atoms with van der Waals surface area (Å²) < 4.78 is 10.2. The van der Waals surface area contributed by atoms with Crippen LogP contribution in [-0.2, 0) is 23.9 Å². The van der Waals surface area contributed by atoms with Gasteiger partial charge < -0.3 is 19.7 Å². The maximum absolute atomic E-state index is 12.4. The molecule has 1 aliphatic rings. The Morgan fingerprint density at radius 3 is 2.47 bits per heavy atom. The third-order valence-corrected chi connectivity index (χ3v) is 5.04. The largest absolute Gasteiger partial charge is 0.459 e. The molecule has 1 N–H and O–H groups in total. The minimum atomic E-state index is -0.693. The van der Waals surface area contributed by atoms with Gasteiger partial charge in [0.05, 0.1) is 28.3 Å². The van der Waals surface area contributed by atoms with E-state index in [9.17, 15) is 19.2 Å². The molecule has 1 aliphatic heterocycles. The number of esters is 2. The van der Waals surface area contributed by atoms with Crippen LogP contribution < -0.4 is 10.2 Å². The Balaban J connectivity index is 1.53. The number of ether oxygens (including phenoxy) is 2. The summed E-state index contributed by atoms with van der Waals surface area (Å²) in [5, 5.41) is 2.93. The summed E-state index contributed by atoms with van der Waals surface area (Å²) >= 11 is 5.98. The predicted octanol–water partition coefficient (Wildman–Crippen LogP) is 3.44. The van der Waals surface area contributed by atoms with Gasteiger partial charge >= 0.3 is 11.9 Å². The fraction of sp³-hybridized carbons (Fsp3) is 0.304. The van der Waals surface area contributed by atoms with E-state index < -0.39 is 30.4 Å². The van der Waals surface area contributed by atoms with Crippen LogP contribution in [0.15, 0.2) is 48.5 Å². The maximum Gasteiger partial charge on any atom is 0.338 e. The van der Waals surface area contributed by atoms with Crippen molar-refractivity contribution in [3.05, 3.63) is 59.1 Å². The van der Waals surface area contributed by atoms with Crippen LogP contribution in [0.5, 0.6) is 0 Å². The molecule has 2 aromatic rings. The lowest BCUT2D eigenvalue weighted by atomic mass is 10.1. The Labute approximate surface area is 190 Å². The number of halogens is 1. The first-order valence-corrected chi connectivity index (χ1v) is 10.4. The highest BCUT2D eigenvalue weighted by Crippen LogP contribution is 2.26. The molecule has 0 aliphatic carbocycles. The van der Waals surface area contributed by atoms with Crippen LogP contribution in [0.3, 0.4) is 0 Å². The predicted molar refractivity (Wildman–Crippen MR) is 118 cm³/mol. The molecule has 1 atom stereocenters. The van der Waals surface area contributed by atoms with E-state index in [0.717, 1.165) is 0 Å². The van der Waals surface area contributed by atoms with Gasteiger partial charge in [0, 0.05) is 18.7 Å². The number of benzene rings is 2. The highest BCUT2D eigenvalue weighted by Gasteiger charge is 2.36. The third-order valence-electron chi connectivity index (χ3n) is 4.71. The van der Waals surface area contributed by atoms with Gasteiger partial charge in [0.1, 0.15) is 0 Å². The van der Waals surface area contributed by atoms with Gasteiger partial charge in [-0.2, -0.15) is 0 Å². The van der Waals surface area contributed by atoms with Gasteiger partial charge in [-0.05, 0) is 50.2 Å². The molecule has 9 heteroatoms. The smallest absolute Gasteiger partial charge is 0.338 e. The van der Waals surface area contributed by atoms with Gasteiger partial charge in [-0.1, -0.05) is 23.7 Å². The van der Waals surface area contributed by atoms with E-state index in [0.29, 0.717) is 22.0 Å². The van der Waals surface area contributed by atoms with Crippen molar-refractivity contribution in [2.24, 2.45) is 5.92 Å². The zero-order valence-corrected chi connectivity index (χ0v) is 18.4. The van der Waals surface area contributed by atoms with Crippen molar-refractivity contribution >= 4 is 46.7 Å². The van der Waals surface area contributed by atoms with Gasteiger partial charge in [-0.25, -0.2) is 4.79 Å². The lowest BCUT2D eigenvalue weighted by Crippen LogP contribution is -2.28. The van der Waals surface area contributed by atoms with Crippen molar-refractivity contribution in [2.45, 2.75) is 26.4 Å². The highest BCUT2D eigenvalue weighted by molar-refractivity contribution is 6.33. The van der Waals surface area contributed by atoms with Gasteiger partial charge in [0.25, 0.3) is 5.91 Å². The summed E-state index contributed by atoms with van der Waals surface area (Å²) in [6, 6.07) is 13.1. The Morgan fingerprint density at radius 2 is 1.81 bits per heavy atom. The molecule has 0 bridgehead atoms. The minimum absolute atomic E-state index is 0.0257. The fourth-order valence-electron chi connectivity index (χ4n) is 3.18. The molecule has 0 saturated carbocycles. The molecular formula is C23H23ClN2O6. The molecule has 0 spiro atoms. The molecule has 1 fully saturated rings. The number of rotatable bonds is 7. The van der Waals surface area contributed by atoms with E-state index in [-0.39, 0.29) is 25.0 Å². The lowest BCUT2D eigenvalue weighted by molar-refractivity contribution is -0.151. The maximum atomic E-state index is 12.4. The SMILES string of the molecule is CC(C)OC(=O)c1ccc(N2C[C@H](C(=O)OCC(=O)Nc3ccccc3Cl)CC2=O)cc1. The van der Waals surface area contributed by atoms with Gasteiger partial charge in [-0.15, -0.1) is 0 Å². The molecule has 8 nitrogen and oxygen atoms in total. The van der Waals surface area contributed by atoms with Crippen LogP contribution in [0.4, 0.5) is 11.4 Å². The van der Waals surface area contributed by atoms with Crippen LogP contribution in [0.2, 0.25) is 5.02 Å². The molecule has 1 heterocycles. The molecule has 1 saturated heterocycles. The van der Waals surface area contributed by atoms with E-state index in [1.807, 2.05) is 0 Å². The molecule has 2 amide bonds. The second kappa shape index (κ2) is 10.3. The highest BCUT2D eigenvalue weighted by atomic mass is 35.5. The normalized spacial score (nSPS) is 15.6. The first kappa shape index (κ1) is 23.3. The molecular weight excluding hydrogens is 436 g/mol. The summed E-state index contributed by atoms with van der Waals surface area (Å²) in [6.07, 6.45) is -0.261. The van der Waals surface area contributed by atoms with Crippen LogP contribution in [0.25, 0.3) is 0 Å². The van der Waals surface area contributed by atoms with Crippen molar-refractivity contribution in [1.82, 2.24) is 0 Å². The van der Waals surface area contributed by atoms with E-state index >= 15 is 0 Å². The zero-order valence-electron chi connectivity index (χ0n) is 17.7. The summed E-state index contributed by atoms with van der Waals surface area (Å²) in [6.45, 7) is 3.16. The Kier molecular flexibility index (Phi) is 7.48. The minimum Gasteiger partial charge on any atom is -0.459 e. The number of carbonyl (C=O) groups excluding carboxylic acids is 4. The first-order chi connectivity index (χ1) is 15.2. The lowest BCUT2D eigenvalue weighted by Gasteiger charge is -2.17. The number of nitrogens with zero attached hydrogens (tertiary/aromatic N) is 1. The van der Waals surface area contributed by atoms with Gasteiger partial charge in [0.15, 0.2) is 6.61 Å². The Bertz CT molecular complexity index is 1020. The van der Waals surface area contributed by atoms with Crippen molar-refractivity contribution in [1.29, 1.82) is 0 Å². The zero-order chi connectivity index (χ0) is 23.3. The molecule has 32 heavy (non-hydrogen) atoms. The second-order valence-corrected chi connectivity index (χ2v) is 7.95. The monoisotopic (exact) mass is 458 g/mol. The van der Waals surface area contributed by atoms with E-state index in [1.54, 1.807) is 62.4 Å². The molecule has 2 aromatic carbocycles. The van der Waals surface area contributed by atoms with E-state index in [2.05, 4.69) is 5.32 Å². The van der Waals surface area contributed by atoms with Crippen LogP contribution in [-0.4, -0.2) is 43.0 Å². The molecule has 0 radical (unpaired) electrons. The van der Waals surface area contributed by atoms with Crippen molar-refractivity contribution in [3.63, 3.8) is 0 Å². The Morgan fingerprint density at radius 1 is 1.12 bits per heavy atom. The van der Waals surface area contributed by atoms with Crippen LogP contribution >= 0.6 is 11.6 Å². The van der Waals surface area contributed by atoms with Crippen LogP contribution in [0, 0.1) is 5.92 Å². The summed E-state index contributed by atoms with van der Waals surface area (Å²) in [5.74, 6) is -2.55. The number of amides is 2. The average Bonchev–Trinajstić information content (AvgIpc) is 3.15.